The number of benzene rings is 1. The van der Waals surface area contributed by atoms with Crippen LogP contribution in [-0.4, -0.2) is 24.4 Å². The Bertz CT molecular complexity index is 401. The second-order valence-electron chi connectivity index (χ2n) is 5.38. The quantitative estimate of drug-likeness (QED) is 0.824. The molecule has 0 spiro atoms. The molecule has 1 aromatic carbocycles. The Morgan fingerprint density at radius 3 is 2.59 bits per heavy atom. The minimum atomic E-state index is -0.290. The monoisotopic (exact) mass is 235 g/mol. The Hall–Kier alpha value is -1.22. The van der Waals surface area contributed by atoms with E-state index in [0.717, 1.165) is 24.3 Å². The lowest BCUT2D eigenvalue weighted by Crippen LogP contribution is -2.46. The lowest BCUT2D eigenvalue weighted by molar-refractivity contribution is 0.167. The van der Waals surface area contributed by atoms with Gasteiger partial charge in [-0.05, 0) is 37.3 Å². The van der Waals surface area contributed by atoms with Crippen LogP contribution in [0.5, 0.6) is 5.75 Å². The van der Waals surface area contributed by atoms with Crippen LogP contribution in [0.15, 0.2) is 24.3 Å². The molecule has 0 aliphatic heterocycles. The Balaban J connectivity index is 2.24. The third-order valence-corrected chi connectivity index (χ3v) is 4.17. The van der Waals surface area contributed by atoms with Crippen LogP contribution in [0.1, 0.15) is 26.7 Å². The number of ether oxygens (including phenoxy) is 1. The molecule has 17 heavy (non-hydrogen) atoms. The summed E-state index contributed by atoms with van der Waals surface area (Å²) in [7, 11) is 1.66. The van der Waals surface area contributed by atoms with Gasteiger partial charge in [-0.1, -0.05) is 19.1 Å². The van der Waals surface area contributed by atoms with Gasteiger partial charge in [-0.15, -0.1) is 0 Å². The Morgan fingerprint density at radius 1 is 1.41 bits per heavy atom. The highest BCUT2D eigenvalue weighted by molar-refractivity contribution is 5.58. The molecular weight excluding hydrogens is 214 g/mol. The number of anilines is 1. The first kappa shape index (κ1) is 12.2. The van der Waals surface area contributed by atoms with Crippen molar-refractivity contribution in [3.63, 3.8) is 0 Å². The molecule has 1 aromatic rings. The summed E-state index contributed by atoms with van der Waals surface area (Å²) in [4.78, 5) is 0. The summed E-state index contributed by atoms with van der Waals surface area (Å²) in [6.07, 6.45) is 2.32. The number of methoxy groups -OCH3 is 1. The molecule has 0 heterocycles. The van der Waals surface area contributed by atoms with Gasteiger partial charge in [0.1, 0.15) is 5.75 Å². The Labute approximate surface area is 103 Å². The minimum absolute atomic E-state index is 0.127. The lowest BCUT2D eigenvalue weighted by Gasteiger charge is -2.36. The van der Waals surface area contributed by atoms with Crippen LogP contribution in [0, 0.1) is 5.41 Å². The molecule has 1 saturated carbocycles. The smallest absolute Gasteiger partial charge is 0.141 e. The standard InChI is InChI=1S/C14H21NO2/c1-13(8-9-13)14(2,10-16)15-11-6-4-5-7-12(11)17-3/h4-7,15-16H,8-10H2,1-3H3. The Morgan fingerprint density at radius 2 is 2.06 bits per heavy atom. The lowest BCUT2D eigenvalue weighted by atomic mass is 9.84. The maximum atomic E-state index is 9.68. The number of aliphatic hydroxyl groups excluding tert-OH is 1. The summed E-state index contributed by atoms with van der Waals surface area (Å²) in [5, 5.41) is 13.1. The Kier molecular flexibility index (Phi) is 3.04. The summed E-state index contributed by atoms with van der Waals surface area (Å²) in [5.74, 6) is 0.816. The van der Waals surface area contributed by atoms with Gasteiger partial charge in [0.2, 0.25) is 0 Å². The van der Waals surface area contributed by atoms with Crippen LogP contribution >= 0.6 is 0 Å². The SMILES string of the molecule is COc1ccccc1NC(C)(CO)C1(C)CC1. The molecule has 1 aliphatic carbocycles. The molecule has 0 saturated heterocycles. The van der Waals surface area contributed by atoms with Crippen molar-refractivity contribution in [2.24, 2.45) is 5.41 Å². The zero-order valence-electron chi connectivity index (χ0n) is 10.8. The first-order chi connectivity index (χ1) is 8.04. The maximum absolute atomic E-state index is 9.68. The average Bonchev–Trinajstić information content (AvgIpc) is 3.09. The highest BCUT2D eigenvalue weighted by Crippen LogP contribution is 2.54. The van der Waals surface area contributed by atoms with E-state index < -0.39 is 0 Å². The fourth-order valence-electron chi connectivity index (χ4n) is 2.17. The third-order valence-electron chi connectivity index (χ3n) is 4.17. The summed E-state index contributed by atoms with van der Waals surface area (Å²) < 4.78 is 5.32. The number of aliphatic hydroxyl groups is 1. The van der Waals surface area contributed by atoms with Gasteiger partial charge in [0.15, 0.2) is 0 Å². The molecule has 1 fully saturated rings. The zero-order chi connectivity index (χ0) is 12.5. The molecule has 3 nitrogen and oxygen atoms in total. The van der Waals surface area contributed by atoms with E-state index >= 15 is 0 Å². The number of hydrogen-bond donors (Lipinski definition) is 2. The molecule has 0 bridgehead atoms. The molecule has 3 heteroatoms. The fraction of sp³-hybridized carbons (Fsp3) is 0.571. The molecule has 0 aromatic heterocycles. The van der Waals surface area contributed by atoms with Gasteiger partial charge in [-0.3, -0.25) is 0 Å². The van der Waals surface area contributed by atoms with E-state index in [4.69, 9.17) is 4.74 Å². The van der Waals surface area contributed by atoms with Gasteiger partial charge in [-0.25, -0.2) is 0 Å². The molecule has 2 rings (SSSR count). The van der Waals surface area contributed by atoms with Gasteiger partial charge < -0.3 is 15.2 Å². The zero-order valence-corrected chi connectivity index (χ0v) is 10.8. The molecule has 1 atom stereocenters. The number of rotatable bonds is 5. The van der Waals surface area contributed by atoms with E-state index in [2.05, 4.69) is 19.2 Å². The van der Waals surface area contributed by atoms with Gasteiger partial charge in [-0.2, -0.15) is 0 Å². The predicted octanol–water partition coefficient (Wildman–Crippen LogP) is 2.66. The summed E-state index contributed by atoms with van der Waals surface area (Å²) in [5.41, 5.74) is 0.837. The second kappa shape index (κ2) is 4.22. The van der Waals surface area contributed by atoms with Crippen molar-refractivity contribution in [1.29, 1.82) is 0 Å². The molecular formula is C14H21NO2. The first-order valence-electron chi connectivity index (χ1n) is 6.07. The molecule has 0 radical (unpaired) electrons. The highest BCUT2D eigenvalue weighted by Gasteiger charge is 2.53. The van der Waals surface area contributed by atoms with Crippen molar-refractivity contribution in [1.82, 2.24) is 0 Å². The maximum Gasteiger partial charge on any atom is 0.141 e. The predicted molar refractivity (Wildman–Crippen MR) is 69.4 cm³/mol. The minimum Gasteiger partial charge on any atom is -0.495 e. The summed E-state index contributed by atoms with van der Waals surface area (Å²) in [6.45, 7) is 4.42. The van der Waals surface area contributed by atoms with E-state index in [1.165, 1.54) is 0 Å². The normalized spacial score (nSPS) is 20.5. The van der Waals surface area contributed by atoms with Crippen molar-refractivity contribution in [3.8, 4) is 5.75 Å². The van der Waals surface area contributed by atoms with Crippen LogP contribution < -0.4 is 10.1 Å². The fourth-order valence-corrected chi connectivity index (χ4v) is 2.17. The molecule has 2 N–H and O–H groups in total. The third kappa shape index (κ3) is 2.12. The van der Waals surface area contributed by atoms with Crippen molar-refractivity contribution < 1.29 is 9.84 Å². The van der Waals surface area contributed by atoms with Gasteiger partial charge >= 0.3 is 0 Å². The average molecular weight is 235 g/mol. The van der Waals surface area contributed by atoms with E-state index in [1.807, 2.05) is 24.3 Å². The largest absolute Gasteiger partial charge is 0.495 e. The van der Waals surface area contributed by atoms with Crippen molar-refractivity contribution >= 4 is 5.69 Å². The van der Waals surface area contributed by atoms with Crippen LogP contribution in [0.4, 0.5) is 5.69 Å². The van der Waals surface area contributed by atoms with Crippen LogP contribution in [0.25, 0.3) is 0 Å². The van der Waals surface area contributed by atoms with Crippen molar-refractivity contribution in [2.45, 2.75) is 32.2 Å². The van der Waals surface area contributed by atoms with Crippen molar-refractivity contribution in [2.75, 3.05) is 19.0 Å². The summed E-state index contributed by atoms with van der Waals surface area (Å²) in [6, 6.07) is 7.82. The van der Waals surface area contributed by atoms with Crippen LogP contribution in [0.2, 0.25) is 0 Å². The number of hydrogen-bond acceptors (Lipinski definition) is 3. The first-order valence-corrected chi connectivity index (χ1v) is 6.07. The van der Waals surface area contributed by atoms with Gasteiger partial charge in [0, 0.05) is 0 Å². The van der Waals surface area contributed by atoms with Gasteiger partial charge in [0.05, 0.1) is 24.9 Å². The number of nitrogens with one attached hydrogen (secondary N) is 1. The molecule has 1 aliphatic rings. The van der Waals surface area contributed by atoms with Crippen LogP contribution in [0.3, 0.4) is 0 Å². The topological polar surface area (TPSA) is 41.5 Å². The number of para-hydroxylation sites is 2. The van der Waals surface area contributed by atoms with Crippen LogP contribution in [-0.2, 0) is 0 Å². The molecule has 94 valence electrons. The summed E-state index contributed by atoms with van der Waals surface area (Å²) >= 11 is 0. The van der Waals surface area contributed by atoms with E-state index in [0.29, 0.717) is 0 Å². The van der Waals surface area contributed by atoms with Gasteiger partial charge in [0.25, 0.3) is 0 Å². The van der Waals surface area contributed by atoms with E-state index in [1.54, 1.807) is 7.11 Å². The molecule has 0 amide bonds. The highest BCUT2D eigenvalue weighted by atomic mass is 16.5. The van der Waals surface area contributed by atoms with E-state index in [9.17, 15) is 5.11 Å². The van der Waals surface area contributed by atoms with E-state index in [-0.39, 0.29) is 17.6 Å². The van der Waals surface area contributed by atoms with Crippen molar-refractivity contribution in [3.05, 3.63) is 24.3 Å². The second-order valence-corrected chi connectivity index (χ2v) is 5.38. The molecule has 1 unspecified atom stereocenters.